The third kappa shape index (κ3) is 6.68. The maximum atomic E-state index is 11.8. The molecule has 0 spiro atoms. The van der Waals surface area contributed by atoms with E-state index >= 15 is 0 Å². The van der Waals surface area contributed by atoms with E-state index in [0.29, 0.717) is 17.4 Å². The number of urea groups is 1. The second-order valence-electron chi connectivity index (χ2n) is 5.12. The molecule has 5 nitrogen and oxygen atoms in total. The molecule has 0 unspecified atom stereocenters. The summed E-state index contributed by atoms with van der Waals surface area (Å²) in [4.78, 5) is 11.8. The van der Waals surface area contributed by atoms with Crippen LogP contribution < -0.4 is 15.4 Å². The maximum absolute atomic E-state index is 11.8. The Morgan fingerprint density at radius 1 is 1.38 bits per heavy atom. The number of amides is 2. The lowest BCUT2D eigenvalue weighted by Gasteiger charge is -2.18. The Morgan fingerprint density at radius 2 is 2.05 bits per heavy atom. The highest BCUT2D eigenvalue weighted by Gasteiger charge is 2.12. The fourth-order valence-corrected chi connectivity index (χ4v) is 1.86. The Bertz CT molecular complexity index is 477. The number of aliphatic hydroxyl groups excluding tert-OH is 1. The highest BCUT2D eigenvalue weighted by molar-refractivity contribution is 5.89. The van der Waals surface area contributed by atoms with Crippen molar-refractivity contribution in [3.8, 4) is 18.1 Å². The number of hydrogen-bond donors (Lipinski definition) is 3. The van der Waals surface area contributed by atoms with Gasteiger partial charge in [0.1, 0.15) is 12.4 Å². The molecule has 0 aromatic heterocycles. The maximum Gasteiger partial charge on any atom is 0.319 e. The number of benzene rings is 1. The van der Waals surface area contributed by atoms with E-state index in [1.165, 1.54) is 0 Å². The molecule has 2 amide bonds. The Kier molecular flexibility index (Phi) is 7.13. The first kappa shape index (κ1) is 16.9. The average molecular weight is 290 g/mol. The van der Waals surface area contributed by atoms with Crippen LogP contribution in [0.25, 0.3) is 0 Å². The number of terminal acetylenes is 1. The summed E-state index contributed by atoms with van der Waals surface area (Å²) in [6.07, 6.45) is 5.83. The predicted octanol–water partition coefficient (Wildman–Crippen LogP) is 2.23. The fourth-order valence-electron chi connectivity index (χ4n) is 1.86. The molecule has 1 aromatic carbocycles. The van der Waals surface area contributed by atoms with Gasteiger partial charge in [0, 0.05) is 5.69 Å². The molecule has 0 fully saturated rings. The second-order valence-corrected chi connectivity index (χ2v) is 5.12. The van der Waals surface area contributed by atoms with E-state index in [2.05, 4.69) is 16.6 Å². The molecule has 3 N–H and O–H groups in total. The molecule has 1 rings (SSSR count). The summed E-state index contributed by atoms with van der Waals surface area (Å²) in [5.74, 6) is 3.42. The van der Waals surface area contributed by atoms with Gasteiger partial charge in [-0.25, -0.2) is 4.79 Å². The Morgan fingerprint density at radius 3 is 2.57 bits per heavy atom. The number of nitrogens with one attached hydrogen (secondary N) is 2. The number of hydrogen-bond acceptors (Lipinski definition) is 3. The number of anilines is 1. The van der Waals surface area contributed by atoms with Crippen LogP contribution in [0.3, 0.4) is 0 Å². The van der Waals surface area contributed by atoms with Crippen LogP contribution in [0.15, 0.2) is 24.3 Å². The van der Waals surface area contributed by atoms with Crippen LogP contribution in [0.1, 0.15) is 20.3 Å². The molecular weight excluding hydrogens is 268 g/mol. The molecule has 1 atom stereocenters. The summed E-state index contributed by atoms with van der Waals surface area (Å²) in [6, 6.07) is 6.31. The Labute approximate surface area is 125 Å². The summed E-state index contributed by atoms with van der Waals surface area (Å²) in [7, 11) is 0. The van der Waals surface area contributed by atoms with Crippen LogP contribution in [0.4, 0.5) is 10.5 Å². The molecule has 0 radical (unpaired) electrons. The monoisotopic (exact) mass is 290 g/mol. The summed E-state index contributed by atoms with van der Waals surface area (Å²) in [6.45, 7) is 4.21. The van der Waals surface area contributed by atoms with Crippen LogP contribution >= 0.6 is 0 Å². The lowest BCUT2D eigenvalue weighted by atomic mass is 10.0. The van der Waals surface area contributed by atoms with E-state index in [-0.39, 0.29) is 25.3 Å². The smallest absolute Gasteiger partial charge is 0.319 e. The number of carbonyl (C=O) groups excluding carboxylic acids is 1. The molecular formula is C16H22N2O3. The zero-order chi connectivity index (χ0) is 15.7. The van der Waals surface area contributed by atoms with E-state index in [0.717, 1.165) is 6.42 Å². The molecule has 0 saturated carbocycles. The fraction of sp³-hybridized carbons (Fsp3) is 0.438. The molecule has 0 aliphatic heterocycles. The van der Waals surface area contributed by atoms with Crippen LogP contribution in [0, 0.1) is 18.3 Å². The predicted molar refractivity (Wildman–Crippen MR) is 83.3 cm³/mol. The zero-order valence-electron chi connectivity index (χ0n) is 12.4. The van der Waals surface area contributed by atoms with Gasteiger partial charge in [0.15, 0.2) is 0 Å². The lowest BCUT2D eigenvalue weighted by molar-refractivity contribution is 0.214. The Hall–Kier alpha value is -2.19. The summed E-state index contributed by atoms with van der Waals surface area (Å²) in [5.41, 5.74) is 0.641. The van der Waals surface area contributed by atoms with Crippen molar-refractivity contribution in [3.63, 3.8) is 0 Å². The molecule has 21 heavy (non-hydrogen) atoms. The first-order valence-corrected chi connectivity index (χ1v) is 6.89. The van der Waals surface area contributed by atoms with E-state index in [4.69, 9.17) is 11.2 Å². The normalized spacial score (nSPS) is 11.6. The van der Waals surface area contributed by atoms with Crippen LogP contribution in [-0.4, -0.2) is 30.4 Å². The molecule has 0 aliphatic rings. The molecule has 1 aromatic rings. The zero-order valence-corrected chi connectivity index (χ0v) is 12.4. The number of carbonyl (C=O) groups is 1. The van der Waals surface area contributed by atoms with Crippen molar-refractivity contribution in [1.82, 2.24) is 5.32 Å². The van der Waals surface area contributed by atoms with E-state index < -0.39 is 0 Å². The minimum Gasteiger partial charge on any atom is -0.481 e. The average Bonchev–Trinajstić information content (AvgIpc) is 2.45. The quantitative estimate of drug-likeness (QED) is 0.674. The van der Waals surface area contributed by atoms with Crippen molar-refractivity contribution in [1.29, 1.82) is 0 Å². The van der Waals surface area contributed by atoms with Crippen LogP contribution in [0.2, 0.25) is 0 Å². The third-order valence-electron chi connectivity index (χ3n) is 2.75. The van der Waals surface area contributed by atoms with Crippen molar-refractivity contribution >= 4 is 11.7 Å². The minimum absolute atomic E-state index is 0.0789. The van der Waals surface area contributed by atoms with Gasteiger partial charge in [-0.3, -0.25) is 0 Å². The third-order valence-corrected chi connectivity index (χ3v) is 2.75. The molecule has 0 saturated heterocycles. The molecule has 5 heteroatoms. The molecule has 0 heterocycles. The summed E-state index contributed by atoms with van der Waals surface area (Å²) < 4.78 is 5.24. The lowest BCUT2D eigenvalue weighted by Crippen LogP contribution is -2.40. The van der Waals surface area contributed by atoms with Crippen LogP contribution in [-0.2, 0) is 0 Å². The van der Waals surface area contributed by atoms with E-state index in [9.17, 15) is 9.90 Å². The van der Waals surface area contributed by atoms with Gasteiger partial charge in [-0.2, -0.15) is 0 Å². The van der Waals surface area contributed by atoms with Gasteiger partial charge in [-0.15, -0.1) is 6.42 Å². The first-order chi connectivity index (χ1) is 10.0. The van der Waals surface area contributed by atoms with Crippen molar-refractivity contribution in [2.45, 2.75) is 26.3 Å². The SMILES string of the molecule is C#CCOc1ccc(NC(=O)N[C@@H](CO)CC(C)C)cc1. The second kappa shape index (κ2) is 8.88. The van der Waals surface area contributed by atoms with Gasteiger partial charge in [0.25, 0.3) is 0 Å². The standard InChI is InChI=1S/C16H22N2O3/c1-4-9-21-15-7-5-13(6-8-15)17-16(20)18-14(11-19)10-12(2)3/h1,5-8,12,14,19H,9-11H2,2-3H3,(H2,17,18,20)/t14-/m1/s1. The Balaban J connectivity index is 2.48. The van der Waals surface area contributed by atoms with Gasteiger partial charge in [-0.1, -0.05) is 19.8 Å². The first-order valence-electron chi connectivity index (χ1n) is 6.89. The highest BCUT2D eigenvalue weighted by atomic mass is 16.5. The van der Waals surface area contributed by atoms with Gasteiger partial charge in [-0.05, 0) is 36.6 Å². The summed E-state index contributed by atoms with van der Waals surface area (Å²) >= 11 is 0. The topological polar surface area (TPSA) is 70.6 Å². The van der Waals surface area contributed by atoms with Gasteiger partial charge in [0.2, 0.25) is 0 Å². The van der Waals surface area contributed by atoms with Gasteiger partial charge in [0.05, 0.1) is 12.6 Å². The van der Waals surface area contributed by atoms with Crippen molar-refractivity contribution < 1.29 is 14.6 Å². The van der Waals surface area contributed by atoms with Crippen LogP contribution in [0.5, 0.6) is 5.75 Å². The van der Waals surface area contributed by atoms with E-state index in [1.54, 1.807) is 24.3 Å². The molecule has 114 valence electrons. The van der Waals surface area contributed by atoms with Gasteiger partial charge < -0.3 is 20.5 Å². The highest BCUT2D eigenvalue weighted by Crippen LogP contribution is 2.15. The van der Waals surface area contributed by atoms with Crippen molar-refractivity contribution in [3.05, 3.63) is 24.3 Å². The summed E-state index contributed by atoms with van der Waals surface area (Å²) in [5, 5.41) is 14.7. The van der Waals surface area contributed by atoms with E-state index in [1.807, 2.05) is 13.8 Å². The van der Waals surface area contributed by atoms with Crippen molar-refractivity contribution in [2.24, 2.45) is 5.92 Å². The molecule has 0 aliphatic carbocycles. The number of aliphatic hydroxyl groups is 1. The molecule has 0 bridgehead atoms. The number of ether oxygens (including phenoxy) is 1. The number of rotatable bonds is 7. The largest absolute Gasteiger partial charge is 0.481 e. The minimum atomic E-state index is -0.341. The van der Waals surface area contributed by atoms with Gasteiger partial charge >= 0.3 is 6.03 Å². The van der Waals surface area contributed by atoms with Crippen molar-refractivity contribution in [2.75, 3.05) is 18.5 Å².